The molecule has 2 N–H and O–H groups in total. The van der Waals surface area contributed by atoms with Gasteiger partial charge < -0.3 is 10.6 Å². The molecule has 0 aliphatic heterocycles. The van der Waals surface area contributed by atoms with E-state index in [0.717, 1.165) is 22.3 Å². The normalized spacial score (nSPS) is 10.3. The van der Waals surface area contributed by atoms with Gasteiger partial charge in [-0.15, -0.1) is 5.10 Å². The van der Waals surface area contributed by atoms with E-state index >= 15 is 0 Å². The van der Waals surface area contributed by atoms with Crippen molar-refractivity contribution >= 4 is 39.1 Å². The number of halogens is 1. The fourth-order valence-corrected chi connectivity index (χ4v) is 2.45. The smallest absolute Gasteiger partial charge is 0.249 e. The molecule has 0 bridgehead atoms. The van der Waals surface area contributed by atoms with E-state index in [2.05, 4.69) is 60.8 Å². The SMILES string of the molecule is CCc1ccc(Nc2nncc(Nc3ccccc3Br)n2)cc1. The molecule has 0 aliphatic rings. The van der Waals surface area contributed by atoms with E-state index in [0.29, 0.717) is 11.8 Å². The number of rotatable bonds is 5. The van der Waals surface area contributed by atoms with E-state index in [1.54, 1.807) is 6.20 Å². The topological polar surface area (TPSA) is 62.7 Å². The number of benzene rings is 2. The average Bonchev–Trinajstić information content (AvgIpc) is 2.58. The Labute approximate surface area is 143 Å². The van der Waals surface area contributed by atoms with E-state index in [9.17, 15) is 0 Å². The Hall–Kier alpha value is -2.47. The molecule has 116 valence electrons. The minimum atomic E-state index is 0.450. The molecular formula is C17H16BrN5. The zero-order chi connectivity index (χ0) is 16.1. The Balaban J connectivity index is 1.75. The summed E-state index contributed by atoms with van der Waals surface area (Å²) in [5, 5.41) is 14.4. The van der Waals surface area contributed by atoms with E-state index < -0.39 is 0 Å². The first-order chi connectivity index (χ1) is 11.2. The lowest BCUT2D eigenvalue weighted by Gasteiger charge is -2.09. The molecule has 0 spiro atoms. The van der Waals surface area contributed by atoms with Gasteiger partial charge in [0.25, 0.3) is 0 Å². The number of aromatic nitrogens is 3. The summed E-state index contributed by atoms with van der Waals surface area (Å²) in [5.41, 5.74) is 3.15. The van der Waals surface area contributed by atoms with Crippen molar-refractivity contribution in [3.8, 4) is 0 Å². The highest BCUT2D eigenvalue weighted by Crippen LogP contribution is 2.24. The van der Waals surface area contributed by atoms with Crippen LogP contribution in [0.3, 0.4) is 0 Å². The number of hydrogen-bond donors (Lipinski definition) is 2. The van der Waals surface area contributed by atoms with Crippen LogP contribution in [-0.4, -0.2) is 15.2 Å². The van der Waals surface area contributed by atoms with Crippen LogP contribution in [0.25, 0.3) is 0 Å². The Kier molecular flexibility index (Phi) is 4.83. The van der Waals surface area contributed by atoms with Crippen molar-refractivity contribution in [3.05, 3.63) is 64.8 Å². The molecule has 0 fully saturated rings. The molecule has 3 rings (SSSR count). The lowest BCUT2D eigenvalue weighted by atomic mass is 10.1. The van der Waals surface area contributed by atoms with Crippen LogP contribution >= 0.6 is 15.9 Å². The zero-order valence-electron chi connectivity index (χ0n) is 12.6. The predicted molar refractivity (Wildman–Crippen MR) is 96.4 cm³/mol. The van der Waals surface area contributed by atoms with Gasteiger partial charge in [0.15, 0.2) is 5.82 Å². The minimum Gasteiger partial charge on any atom is -0.338 e. The van der Waals surface area contributed by atoms with Gasteiger partial charge in [-0.1, -0.05) is 31.2 Å². The first kappa shape index (κ1) is 15.4. The molecule has 0 amide bonds. The predicted octanol–water partition coefficient (Wildman–Crippen LogP) is 4.68. The van der Waals surface area contributed by atoms with Crippen LogP contribution in [0.5, 0.6) is 0 Å². The quantitative estimate of drug-likeness (QED) is 0.683. The van der Waals surface area contributed by atoms with Gasteiger partial charge in [-0.2, -0.15) is 10.1 Å². The second-order valence-corrected chi connectivity index (χ2v) is 5.80. The largest absolute Gasteiger partial charge is 0.338 e. The zero-order valence-corrected chi connectivity index (χ0v) is 14.2. The molecule has 1 heterocycles. The molecule has 2 aromatic carbocycles. The molecule has 6 heteroatoms. The minimum absolute atomic E-state index is 0.450. The highest BCUT2D eigenvalue weighted by Gasteiger charge is 2.04. The summed E-state index contributed by atoms with van der Waals surface area (Å²) >= 11 is 3.50. The van der Waals surface area contributed by atoms with Gasteiger partial charge in [0, 0.05) is 10.2 Å². The van der Waals surface area contributed by atoms with Crippen molar-refractivity contribution in [1.82, 2.24) is 15.2 Å². The third-order valence-electron chi connectivity index (χ3n) is 3.31. The molecule has 1 aromatic heterocycles. The van der Waals surface area contributed by atoms with E-state index in [1.165, 1.54) is 5.56 Å². The lowest BCUT2D eigenvalue weighted by Crippen LogP contribution is -2.02. The fraction of sp³-hybridized carbons (Fsp3) is 0.118. The molecule has 3 aromatic rings. The Bertz CT molecular complexity index is 789. The highest BCUT2D eigenvalue weighted by molar-refractivity contribution is 9.10. The second-order valence-electron chi connectivity index (χ2n) is 4.95. The number of nitrogens with zero attached hydrogens (tertiary/aromatic N) is 3. The van der Waals surface area contributed by atoms with Gasteiger partial charge in [0.2, 0.25) is 5.95 Å². The van der Waals surface area contributed by atoms with Crippen molar-refractivity contribution in [3.63, 3.8) is 0 Å². The second kappa shape index (κ2) is 7.19. The summed E-state index contributed by atoms with van der Waals surface area (Å²) in [6, 6.07) is 16.0. The van der Waals surface area contributed by atoms with Gasteiger partial charge >= 0.3 is 0 Å². The van der Waals surface area contributed by atoms with Crippen molar-refractivity contribution in [1.29, 1.82) is 0 Å². The van der Waals surface area contributed by atoms with Gasteiger partial charge in [0.05, 0.1) is 11.9 Å². The molecule has 0 saturated carbocycles. The first-order valence-electron chi connectivity index (χ1n) is 7.32. The maximum Gasteiger partial charge on any atom is 0.249 e. The summed E-state index contributed by atoms with van der Waals surface area (Å²) in [6.07, 6.45) is 2.61. The highest BCUT2D eigenvalue weighted by atomic mass is 79.9. The molecule has 0 atom stereocenters. The van der Waals surface area contributed by atoms with Crippen LogP contribution in [0.15, 0.2) is 59.2 Å². The third kappa shape index (κ3) is 4.04. The van der Waals surface area contributed by atoms with Gasteiger partial charge in [0.1, 0.15) is 0 Å². The molecular weight excluding hydrogens is 354 g/mol. The van der Waals surface area contributed by atoms with Gasteiger partial charge in [-0.3, -0.25) is 0 Å². The van der Waals surface area contributed by atoms with Crippen molar-refractivity contribution in [2.75, 3.05) is 10.6 Å². The Morgan fingerprint density at radius 1 is 1.00 bits per heavy atom. The number of para-hydroxylation sites is 1. The van der Waals surface area contributed by atoms with Crippen molar-refractivity contribution in [2.24, 2.45) is 0 Å². The standard InChI is InChI=1S/C17H16BrN5/c1-2-12-7-9-13(10-8-12)20-17-22-16(11-19-23-17)21-15-6-4-3-5-14(15)18/h3-11H,2H2,1H3,(H2,20,21,22,23). The summed E-state index contributed by atoms with van der Waals surface area (Å²) in [7, 11) is 0. The summed E-state index contributed by atoms with van der Waals surface area (Å²) < 4.78 is 0.961. The molecule has 0 radical (unpaired) electrons. The molecule has 23 heavy (non-hydrogen) atoms. The maximum absolute atomic E-state index is 4.43. The van der Waals surface area contributed by atoms with Crippen molar-refractivity contribution < 1.29 is 0 Å². The molecule has 0 aliphatic carbocycles. The third-order valence-corrected chi connectivity index (χ3v) is 4.01. The molecule has 0 unspecified atom stereocenters. The van der Waals surface area contributed by atoms with Crippen LogP contribution in [0.4, 0.5) is 23.1 Å². The summed E-state index contributed by atoms with van der Waals surface area (Å²) in [5.74, 6) is 1.07. The maximum atomic E-state index is 4.43. The van der Waals surface area contributed by atoms with Crippen LogP contribution in [-0.2, 0) is 6.42 Å². The Morgan fingerprint density at radius 3 is 2.52 bits per heavy atom. The van der Waals surface area contributed by atoms with Crippen LogP contribution in [0.2, 0.25) is 0 Å². The van der Waals surface area contributed by atoms with E-state index in [1.807, 2.05) is 36.4 Å². The van der Waals surface area contributed by atoms with Gasteiger partial charge in [-0.05, 0) is 52.2 Å². The number of nitrogens with one attached hydrogen (secondary N) is 2. The van der Waals surface area contributed by atoms with E-state index in [4.69, 9.17) is 0 Å². The number of aryl methyl sites for hydroxylation is 1. The molecule has 0 saturated heterocycles. The van der Waals surface area contributed by atoms with Gasteiger partial charge in [-0.25, -0.2) is 0 Å². The number of anilines is 4. The van der Waals surface area contributed by atoms with Crippen LogP contribution < -0.4 is 10.6 Å². The van der Waals surface area contributed by atoms with Crippen molar-refractivity contribution in [2.45, 2.75) is 13.3 Å². The number of hydrogen-bond acceptors (Lipinski definition) is 5. The first-order valence-corrected chi connectivity index (χ1v) is 8.11. The lowest BCUT2D eigenvalue weighted by molar-refractivity contribution is 0.982. The summed E-state index contributed by atoms with van der Waals surface area (Å²) in [6.45, 7) is 2.13. The summed E-state index contributed by atoms with van der Waals surface area (Å²) in [4.78, 5) is 4.43. The van der Waals surface area contributed by atoms with E-state index in [-0.39, 0.29) is 0 Å². The van der Waals surface area contributed by atoms with Crippen LogP contribution in [0, 0.1) is 0 Å². The fourth-order valence-electron chi connectivity index (χ4n) is 2.07. The average molecular weight is 370 g/mol. The van der Waals surface area contributed by atoms with Crippen LogP contribution in [0.1, 0.15) is 12.5 Å². The monoisotopic (exact) mass is 369 g/mol. The molecule has 5 nitrogen and oxygen atoms in total. The Morgan fingerprint density at radius 2 is 1.78 bits per heavy atom.